The summed E-state index contributed by atoms with van der Waals surface area (Å²) in [5, 5.41) is 0. The first-order valence-electron chi connectivity index (χ1n) is 4.49. The number of primary amides is 1. The number of carbonyl (C=O) groups is 1. The van der Waals surface area contributed by atoms with E-state index in [0.717, 1.165) is 17.5 Å². The van der Waals surface area contributed by atoms with Gasteiger partial charge in [0.2, 0.25) is 5.91 Å². The summed E-state index contributed by atoms with van der Waals surface area (Å²) in [6, 6.07) is 7.80. The molecule has 0 aromatic heterocycles. The monoisotopic (exact) mass is 190 g/mol. The summed E-state index contributed by atoms with van der Waals surface area (Å²) in [7, 11) is 0. The van der Waals surface area contributed by atoms with Gasteiger partial charge in [-0.2, -0.15) is 0 Å². The lowest BCUT2D eigenvalue weighted by Gasteiger charge is -2.02. The second-order valence-corrected chi connectivity index (χ2v) is 2.97. The Kier molecular flexibility index (Phi) is 3.88. The second kappa shape index (κ2) is 5.19. The lowest BCUT2D eigenvalue weighted by molar-refractivity contribution is -0.113. The minimum absolute atomic E-state index is 0.437. The molecule has 0 bridgehead atoms. The summed E-state index contributed by atoms with van der Waals surface area (Å²) < 4.78 is 0. The molecule has 0 spiro atoms. The van der Waals surface area contributed by atoms with Crippen LogP contribution in [0.1, 0.15) is 11.1 Å². The molecule has 0 aliphatic carbocycles. The molecule has 0 fully saturated rings. The van der Waals surface area contributed by atoms with Crippen molar-refractivity contribution in [2.24, 2.45) is 11.5 Å². The van der Waals surface area contributed by atoms with Crippen LogP contribution in [-0.4, -0.2) is 12.5 Å². The van der Waals surface area contributed by atoms with E-state index in [1.807, 2.05) is 24.3 Å². The number of benzene rings is 1. The van der Waals surface area contributed by atoms with E-state index in [9.17, 15) is 4.79 Å². The molecule has 0 atom stereocenters. The zero-order valence-electron chi connectivity index (χ0n) is 7.94. The van der Waals surface area contributed by atoms with E-state index >= 15 is 0 Å². The van der Waals surface area contributed by atoms with Crippen LogP contribution in [0.15, 0.2) is 30.3 Å². The van der Waals surface area contributed by atoms with Crippen LogP contribution in [0.5, 0.6) is 0 Å². The smallest absolute Gasteiger partial charge is 0.241 e. The molecule has 0 saturated heterocycles. The van der Waals surface area contributed by atoms with Gasteiger partial charge in [-0.05, 0) is 30.2 Å². The normalized spacial score (nSPS) is 10.6. The van der Waals surface area contributed by atoms with Gasteiger partial charge in [0.1, 0.15) is 0 Å². The standard InChI is InChI=1S/C11H14N2O/c12-8-7-10-4-2-1-3-9(10)5-6-11(13)14/h1-6H,7-8,12H2,(H2,13,14). The maximum atomic E-state index is 10.6. The number of rotatable bonds is 4. The van der Waals surface area contributed by atoms with Crippen molar-refractivity contribution in [3.8, 4) is 0 Å². The van der Waals surface area contributed by atoms with Gasteiger partial charge in [-0.25, -0.2) is 0 Å². The van der Waals surface area contributed by atoms with E-state index in [1.54, 1.807) is 6.08 Å². The molecule has 0 aliphatic heterocycles. The Bertz CT molecular complexity index is 345. The second-order valence-electron chi connectivity index (χ2n) is 2.97. The highest BCUT2D eigenvalue weighted by atomic mass is 16.1. The molecule has 1 aromatic rings. The molecule has 3 nitrogen and oxygen atoms in total. The van der Waals surface area contributed by atoms with Crippen molar-refractivity contribution in [2.45, 2.75) is 6.42 Å². The summed E-state index contributed by atoms with van der Waals surface area (Å²) in [6.45, 7) is 0.599. The van der Waals surface area contributed by atoms with E-state index in [2.05, 4.69) is 0 Å². The molecule has 74 valence electrons. The molecule has 0 heterocycles. The van der Waals surface area contributed by atoms with E-state index in [1.165, 1.54) is 6.08 Å². The van der Waals surface area contributed by atoms with Crippen molar-refractivity contribution < 1.29 is 4.79 Å². The van der Waals surface area contributed by atoms with Crippen LogP contribution in [-0.2, 0) is 11.2 Å². The number of hydrogen-bond acceptors (Lipinski definition) is 2. The summed E-state index contributed by atoms with van der Waals surface area (Å²) in [5.74, 6) is -0.437. The first-order valence-corrected chi connectivity index (χ1v) is 4.49. The maximum absolute atomic E-state index is 10.6. The molecule has 0 radical (unpaired) electrons. The van der Waals surface area contributed by atoms with Crippen LogP contribution >= 0.6 is 0 Å². The predicted molar refractivity (Wildman–Crippen MR) is 57.4 cm³/mol. The Hall–Kier alpha value is -1.61. The molecular formula is C11H14N2O. The van der Waals surface area contributed by atoms with Gasteiger partial charge in [0.05, 0.1) is 0 Å². The van der Waals surface area contributed by atoms with Gasteiger partial charge in [-0.3, -0.25) is 4.79 Å². The van der Waals surface area contributed by atoms with Gasteiger partial charge in [0, 0.05) is 6.08 Å². The average Bonchev–Trinajstić information content (AvgIpc) is 2.17. The Morgan fingerprint density at radius 2 is 2.07 bits per heavy atom. The Morgan fingerprint density at radius 3 is 2.71 bits per heavy atom. The molecule has 0 aliphatic rings. The van der Waals surface area contributed by atoms with Crippen molar-refractivity contribution in [3.05, 3.63) is 41.5 Å². The minimum atomic E-state index is -0.437. The summed E-state index contributed by atoms with van der Waals surface area (Å²) >= 11 is 0. The van der Waals surface area contributed by atoms with Crippen LogP contribution in [0.4, 0.5) is 0 Å². The van der Waals surface area contributed by atoms with Crippen LogP contribution < -0.4 is 11.5 Å². The van der Waals surface area contributed by atoms with E-state index in [-0.39, 0.29) is 0 Å². The highest BCUT2D eigenvalue weighted by Crippen LogP contribution is 2.10. The van der Waals surface area contributed by atoms with Gasteiger partial charge < -0.3 is 11.5 Å². The SMILES string of the molecule is NCCc1ccccc1C=CC(N)=O. The van der Waals surface area contributed by atoms with Crippen molar-refractivity contribution in [1.82, 2.24) is 0 Å². The Balaban J connectivity index is 2.89. The minimum Gasteiger partial charge on any atom is -0.366 e. The van der Waals surface area contributed by atoms with Crippen LogP contribution in [0.3, 0.4) is 0 Å². The van der Waals surface area contributed by atoms with Crippen molar-refractivity contribution in [1.29, 1.82) is 0 Å². The van der Waals surface area contributed by atoms with E-state index in [4.69, 9.17) is 11.5 Å². The zero-order valence-corrected chi connectivity index (χ0v) is 7.94. The fourth-order valence-corrected chi connectivity index (χ4v) is 1.25. The van der Waals surface area contributed by atoms with Gasteiger partial charge in [0.25, 0.3) is 0 Å². The zero-order chi connectivity index (χ0) is 10.4. The summed E-state index contributed by atoms with van der Waals surface area (Å²) in [4.78, 5) is 10.6. The third-order valence-electron chi connectivity index (χ3n) is 1.90. The third kappa shape index (κ3) is 3.03. The predicted octanol–water partition coefficient (Wildman–Crippen LogP) is 0.686. The summed E-state index contributed by atoms with van der Waals surface area (Å²) in [6.07, 6.45) is 3.88. The van der Waals surface area contributed by atoms with Crippen LogP contribution in [0, 0.1) is 0 Å². The topological polar surface area (TPSA) is 69.1 Å². The third-order valence-corrected chi connectivity index (χ3v) is 1.90. The number of nitrogens with two attached hydrogens (primary N) is 2. The molecule has 0 saturated carbocycles. The van der Waals surface area contributed by atoms with E-state index < -0.39 is 5.91 Å². The molecular weight excluding hydrogens is 176 g/mol. The van der Waals surface area contributed by atoms with Gasteiger partial charge in [-0.15, -0.1) is 0 Å². The molecule has 1 amide bonds. The molecule has 1 aromatic carbocycles. The number of amides is 1. The quantitative estimate of drug-likeness (QED) is 0.686. The molecule has 1 rings (SSSR count). The number of carbonyl (C=O) groups excluding carboxylic acids is 1. The lowest BCUT2D eigenvalue weighted by Crippen LogP contribution is -2.06. The van der Waals surface area contributed by atoms with Crippen molar-refractivity contribution in [3.63, 3.8) is 0 Å². The molecule has 14 heavy (non-hydrogen) atoms. The highest BCUT2D eigenvalue weighted by Gasteiger charge is 1.96. The first kappa shape index (κ1) is 10.5. The van der Waals surface area contributed by atoms with E-state index in [0.29, 0.717) is 6.54 Å². The first-order chi connectivity index (χ1) is 6.74. The van der Waals surface area contributed by atoms with Crippen molar-refractivity contribution in [2.75, 3.05) is 6.54 Å². The highest BCUT2D eigenvalue weighted by molar-refractivity contribution is 5.90. The van der Waals surface area contributed by atoms with Gasteiger partial charge in [0.15, 0.2) is 0 Å². The van der Waals surface area contributed by atoms with Gasteiger partial charge in [-0.1, -0.05) is 24.3 Å². The fraction of sp³-hybridized carbons (Fsp3) is 0.182. The van der Waals surface area contributed by atoms with Crippen molar-refractivity contribution >= 4 is 12.0 Å². The number of hydrogen-bond donors (Lipinski definition) is 2. The van der Waals surface area contributed by atoms with Crippen LogP contribution in [0.25, 0.3) is 6.08 Å². The maximum Gasteiger partial charge on any atom is 0.241 e. The van der Waals surface area contributed by atoms with Crippen LogP contribution in [0.2, 0.25) is 0 Å². The fourth-order valence-electron chi connectivity index (χ4n) is 1.25. The average molecular weight is 190 g/mol. The lowest BCUT2D eigenvalue weighted by atomic mass is 10.0. The van der Waals surface area contributed by atoms with Gasteiger partial charge >= 0.3 is 0 Å². The Labute approximate surface area is 83.4 Å². The molecule has 3 heteroatoms. The summed E-state index contributed by atoms with van der Waals surface area (Å²) in [5.41, 5.74) is 12.6. The molecule has 4 N–H and O–H groups in total. The molecule has 0 unspecified atom stereocenters. The largest absolute Gasteiger partial charge is 0.366 e. The Morgan fingerprint density at radius 1 is 1.36 bits per heavy atom.